The molecule has 10 nitrogen and oxygen atoms in total. The average Bonchev–Trinajstić information content (AvgIpc) is 3.65. The Morgan fingerprint density at radius 3 is 2.67 bits per heavy atom. The summed E-state index contributed by atoms with van der Waals surface area (Å²) in [6.07, 6.45) is 2.56. The summed E-state index contributed by atoms with van der Waals surface area (Å²) in [5, 5.41) is 18.9. The standard InChI is InChI=1S/C29H28N6O4/c30-15-21-13-20(3-6-26(21)39-23-7-8-35(16-23)27(37)17-36)28-29-25(31-18-32-28)14-24(33-29)19-1-4-22(5-2-19)34-9-11-38-12-10-34/h1-6,13,18,23,36H,7-12,14,16-17H2/t23-/m1/s1. The van der Waals surface area contributed by atoms with Crippen molar-refractivity contribution < 1.29 is 19.4 Å². The first-order chi connectivity index (χ1) is 19.1. The van der Waals surface area contributed by atoms with Crippen molar-refractivity contribution in [3.8, 4) is 23.1 Å². The Labute approximate surface area is 226 Å². The molecular formula is C29H28N6O4. The highest BCUT2D eigenvalue weighted by molar-refractivity contribution is 6.07. The van der Waals surface area contributed by atoms with Crippen LogP contribution in [0.3, 0.4) is 0 Å². The topological polar surface area (TPSA) is 124 Å². The summed E-state index contributed by atoms with van der Waals surface area (Å²) >= 11 is 0. The summed E-state index contributed by atoms with van der Waals surface area (Å²) in [4.78, 5) is 29.6. The van der Waals surface area contributed by atoms with E-state index in [-0.39, 0.29) is 12.0 Å². The molecule has 6 rings (SSSR count). The van der Waals surface area contributed by atoms with E-state index in [2.05, 4.69) is 45.2 Å². The zero-order chi connectivity index (χ0) is 26.8. The lowest BCUT2D eigenvalue weighted by Crippen LogP contribution is -2.36. The number of hydrogen-bond donors (Lipinski definition) is 1. The maximum absolute atomic E-state index is 11.8. The highest BCUT2D eigenvalue weighted by Crippen LogP contribution is 2.37. The lowest BCUT2D eigenvalue weighted by molar-refractivity contribution is -0.133. The van der Waals surface area contributed by atoms with E-state index in [4.69, 9.17) is 19.6 Å². The van der Waals surface area contributed by atoms with Gasteiger partial charge in [0.2, 0.25) is 5.91 Å². The fourth-order valence-electron chi connectivity index (χ4n) is 5.26. The van der Waals surface area contributed by atoms with Gasteiger partial charge in [-0.05, 0) is 35.9 Å². The van der Waals surface area contributed by atoms with E-state index in [1.807, 2.05) is 6.07 Å². The molecule has 2 saturated heterocycles. The molecule has 4 heterocycles. The molecule has 198 valence electrons. The van der Waals surface area contributed by atoms with Crippen molar-refractivity contribution in [3.05, 3.63) is 65.6 Å². The molecule has 10 heteroatoms. The van der Waals surface area contributed by atoms with Gasteiger partial charge < -0.3 is 24.4 Å². The summed E-state index contributed by atoms with van der Waals surface area (Å²) in [7, 11) is 0. The summed E-state index contributed by atoms with van der Waals surface area (Å²) in [5.41, 5.74) is 6.54. The maximum Gasteiger partial charge on any atom is 0.248 e. The molecule has 1 N–H and O–H groups in total. The fraction of sp³-hybridized carbons (Fsp3) is 0.345. The number of carbonyl (C=O) groups is 1. The van der Waals surface area contributed by atoms with E-state index < -0.39 is 6.61 Å². The number of fused-ring (bicyclic) bond motifs is 1. The number of aliphatic imine (C=N–C) groups is 1. The lowest BCUT2D eigenvalue weighted by Gasteiger charge is -2.28. The first kappa shape index (κ1) is 25.0. The molecule has 3 aromatic rings. The number of nitrogens with zero attached hydrogens (tertiary/aromatic N) is 6. The third-order valence-electron chi connectivity index (χ3n) is 7.36. The van der Waals surface area contributed by atoms with Crippen molar-refractivity contribution in [1.82, 2.24) is 14.9 Å². The number of rotatable bonds is 6. The van der Waals surface area contributed by atoms with Gasteiger partial charge in [-0.1, -0.05) is 12.1 Å². The summed E-state index contributed by atoms with van der Waals surface area (Å²) in [6.45, 7) is 3.67. The van der Waals surface area contributed by atoms with Gasteiger partial charge in [0.05, 0.1) is 42.4 Å². The third-order valence-corrected chi connectivity index (χ3v) is 7.36. The fourth-order valence-corrected chi connectivity index (χ4v) is 5.26. The van der Waals surface area contributed by atoms with E-state index in [1.54, 1.807) is 17.0 Å². The zero-order valence-corrected chi connectivity index (χ0v) is 21.4. The lowest BCUT2D eigenvalue weighted by atomic mass is 10.0. The molecule has 39 heavy (non-hydrogen) atoms. The van der Waals surface area contributed by atoms with Gasteiger partial charge in [0.25, 0.3) is 0 Å². The van der Waals surface area contributed by atoms with Crippen LogP contribution in [0.15, 0.2) is 53.8 Å². The van der Waals surface area contributed by atoms with Crippen molar-refractivity contribution in [2.45, 2.75) is 18.9 Å². The van der Waals surface area contributed by atoms with Crippen LogP contribution in [-0.4, -0.2) is 83.7 Å². The molecule has 0 spiro atoms. The Morgan fingerprint density at radius 2 is 1.90 bits per heavy atom. The second-order valence-electron chi connectivity index (χ2n) is 9.75. The molecule has 3 aliphatic rings. The molecule has 0 unspecified atom stereocenters. The predicted octanol–water partition coefficient (Wildman–Crippen LogP) is 2.50. The van der Waals surface area contributed by atoms with Crippen LogP contribution >= 0.6 is 0 Å². The molecule has 2 fully saturated rings. The average molecular weight is 525 g/mol. The molecule has 1 amide bonds. The second-order valence-corrected chi connectivity index (χ2v) is 9.75. The van der Waals surface area contributed by atoms with Crippen LogP contribution in [0.4, 0.5) is 11.4 Å². The number of nitriles is 1. The molecule has 0 bridgehead atoms. The molecule has 2 aromatic carbocycles. The Hall–Kier alpha value is -4.33. The first-order valence-corrected chi connectivity index (χ1v) is 13.1. The number of carbonyl (C=O) groups excluding carboxylic acids is 1. The number of aliphatic hydroxyl groups excluding tert-OH is 1. The minimum Gasteiger partial charge on any atom is -0.487 e. The Morgan fingerprint density at radius 1 is 1.10 bits per heavy atom. The third kappa shape index (κ3) is 5.06. The van der Waals surface area contributed by atoms with E-state index in [0.717, 1.165) is 54.5 Å². The molecule has 0 aliphatic carbocycles. The second kappa shape index (κ2) is 10.8. The van der Waals surface area contributed by atoms with Gasteiger partial charge in [-0.15, -0.1) is 0 Å². The van der Waals surface area contributed by atoms with E-state index in [9.17, 15) is 10.1 Å². The maximum atomic E-state index is 11.8. The number of hydrogen-bond acceptors (Lipinski definition) is 9. The van der Waals surface area contributed by atoms with Gasteiger partial charge >= 0.3 is 0 Å². The number of anilines is 1. The van der Waals surface area contributed by atoms with E-state index in [1.165, 1.54) is 12.0 Å². The van der Waals surface area contributed by atoms with Crippen LogP contribution in [0.2, 0.25) is 0 Å². The SMILES string of the molecule is N#Cc1cc(-c2ncnc3c2N=C(c2ccc(N4CCOCC4)cc2)C3)ccc1O[C@@H]1CCN(C(=O)CO)C1. The van der Waals surface area contributed by atoms with Crippen molar-refractivity contribution in [2.75, 3.05) is 50.9 Å². The van der Waals surface area contributed by atoms with Gasteiger partial charge in [-0.3, -0.25) is 4.79 Å². The molecule has 1 atom stereocenters. The van der Waals surface area contributed by atoms with Gasteiger partial charge in [0.15, 0.2) is 0 Å². The molecule has 0 radical (unpaired) electrons. The molecule has 3 aliphatic heterocycles. The summed E-state index contributed by atoms with van der Waals surface area (Å²) in [6, 6.07) is 16.1. The van der Waals surface area contributed by atoms with Crippen molar-refractivity contribution >= 4 is 23.0 Å². The summed E-state index contributed by atoms with van der Waals surface area (Å²) < 4.78 is 11.5. The minimum atomic E-state index is -0.516. The monoisotopic (exact) mass is 524 g/mol. The Bertz CT molecular complexity index is 1460. The van der Waals surface area contributed by atoms with Crippen molar-refractivity contribution in [3.63, 3.8) is 0 Å². The normalized spacial score (nSPS) is 18.5. The summed E-state index contributed by atoms with van der Waals surface area (Å²) in [5.74, 6) is 0.141. The number of ether oxygens (including phenoxy) is 2. The number of morpholine rings is 1. The van der Waals surface area contributed by atoms with Crippen molar-refractivity contribution in [1.29, 1.82) is 5.26 Å². The van der Waals surface area contributed by atoms with Gasteiger partial charge in [-0.25, -0.2) is 15.0 Å². The zero-order valence-electron chi connectivity index (χ0n) is 21.4. The minimum absolute atomic E-state index is 0.233. The highest BCUT2D eigenvalue weighted by Gasteiger charge is 2.28. The smallest absolute Gasteiger partial charge is 0.248 e. The van der Waals surface area contributed by atoms with Gasteiger partial charge in [0, 0.05) is 43.7 Å². The van der Waals surface area contributed by atoms with Crippen molar-refractivity contribution in [2.24, 2.45) is 4.99 Å². The van der Waals surface area contributed by atoms with Crippen LogP contribution in [0.1, 0.15) is 23.2 Å². The number of amides is 1. The van der Waals surface area contributed by atoms with Gasteiger partial charge in [-0.2, -0.15) is 5.26 Å². The number of aliphatic hydroxyl groups is 1. The van der Waals surface area contributed by atoms with Crippen LogP contribution in [0.5, 0.6) is 5.75 Å². The molecule has 1 aromatic heterocycles. The van der Waals surface area contributed by atoms with Gasteiger partial charge in [0.1, 0.15) is 36.5 Å². The first-order valence-electron chi connectivity index (χ1n) is 13.1. The molecular weight excluding hydrogens is 496 g/mol. The Kier molecular flexibility index (Phi) is 6.92. The Balaban J connectivity index is 1.22. The highest BCUT2D eigenvalue weighted by atomic mass is 16.5. The van der Waals surface area contributed by atoms with Crippen LogP contribution < -0.4 is 9.64 Å². The van der Waals surface area contributed by atoms with E-state index >= 15 is 0 Å². The quantitative estimate of drug-likeness (QED) is 0.522. The van der Waals surface area contributed by atoms with Crippen LogP contribution in [-0.2, 0) is 16.0 Å². The van der Waals surface area contributed by atoms with Crippen LogP contribution in [0, 0.1) is 11.3 Å². The predicted molar refractivity (Wildman–Crippen MR) is 144 cm³/mol. The number of aromatic nitrogens is 2. The largest absolute Gasteiger partial charge is 0.487 e. The molecule has 0 saturated carbocycles. The number of benzene rings is 2. The number of likely N-dealkylation sites (tertiary alicyclic amines) is 1. The van der Waals surface area contributed by atoms with Crippen LogP contribution in [0.25, 0.3) is 11.3 Å². The van der Waals surface area contributed by atoms with E-state index in [0.29, 0.717) is 42.9 Å².